The summed E-state index contributed by atoms with van der Waals surface area (Å²) in [5, 5.41) is 19.0. The summed E-state index contributed by atoms with van der Waals surface area (Å²) in [6, 6.07) is 4.46. The van der Waals surface area contributed by atoms with Crippen molar-refractivity contribution in [1.29, 1.82) is 5.41 Å². The minimum absolute atomic E-state index is 0.0489. The van der Waals surface area contributed by atoms with Crippen molar-refractivity contribution in [3.8, 4) is 5.75 Å². The number of rotatable bonds is 5. The van der Waals surface area contributed by atoms with E-state index in [0.717, 1.165) is 0 Å². The number of hydrogen-bond donors (Lipinski definition) is 3. The normalized spacial score (nSPS) is 9.53. The zero-order chi connectivity index (χ0) is 12.8. The topological polar surface area (TPSA) is 91.6 Å². The van der Waals surface area contributed by atoms with E-state index in [9.17, 15) is 4.79 Å². The summed E-state index contributed by atoms with van der Waals surface area (Å²) in [6.45, 7) is 0.163. The van der Waals surface area contributed by atoms with E-state index in [-0.39, 0.29) is 18.0 Å². The Hall–Kier alpha value is -2.24. The van der Waals surface area contributed by atoms with Crippen LogP contribution in [0.3, 0.4) is 0 Å². The molecule has 0 aliphatic carbocycles. The summed E-state index contributed by atoms with van der Waals surface area (Å²) in [4.78, 5) is 10.8. The van der Waals surface area contributed by atoms with E-state index in [2.05, 4.69) is 10.1 Å². The molecule has 0 fully saturated rings. The summed E-state index contributed by atoms with van der Waals surface area (Å²) >= 11 is 0. The van der Waals surface area contributed by atoms with Crippen LogP contribution in [-0.2, 0) is 4.74 Å². The van der Waals surface area contributed by atoms with Crippen LogP contribution in [0.5, 0.6) is 5.75 Å². The minimum Gasteiger partial charge on any atom is -0.495 e. The van der Waals surface area contributed by atoms with E-state index >= 15 is 0 Å². The largest absolute Gasteiger partial charge is 0.495 e. The average molecular weight is 238 g/mol. The molecule has 0 saturated heterocycles. The fraction of sp³-hybridized carbons (Fsp3) is 0.273. The Balaban J connectivity index is 2.90. The highest BCUT2D eigenvalue weighted by molar-refractivity contribution is 5.90. The van der Waals surface area contributed by atoms with Crippen molar-refractivity contribution >= 4 is 17.6 Å². The molecule has 92 valence electrons. The third-order valence-electron chi connectivity index (χ3n) is 2.13. The van der Waals surface area contributed by atoms with Crippen molar-refractivity contribution in [3.05, 3.63) is 23.8 Å². The molecule has 0 atom stereocenters. The highest BCUT2D eigenvalue weighted by Crippen LogP contribution is 2.25. The first kappa shape index (κ1) is 12.8. The van der Waals surface area contributed by atoms with Crippen molar-refractivity contribution in [3.63, 3.8) is 0 Å². The second kappa shape index (κ2) is 5.74. The lowest BCUT2D eigenvalue weighted by molar-refractivity contribution is 0.0697. The first-order chi connectivity index (χ1) is 8.08. The van der Waals surface area contributed by atoms with Crippen LogP contribution < -0.4 is 10.1 Å². The van der Waals surface area contributed by atoms with Crippen LogP contribution in [0.2, 0.25) is 0 Å². The SMILES string of the molecule is COC(=N)CNc1cc(C(=O)O)ccc1OC. The first-order valence-electron chi connectivity index (χ1n) is 4.85. The van der Waals surface area contributed by atoms with Crippen molar-refractivity contribution in [1.82, 2.24) is 0 Å². The van der Waals surface area contributed by atoms with Crippen molar-refractivity contribution in [2.75, 3.05) is 26.1 Å². The average Bonchev–Trinajstić information content (AvgIpc) is 2.35. The van der Waals surface area contributed by atoms with Gasteiger partial charge in [-0.15, -0.1) is 0 Å². The highest BCUT2D eigenvalue weighted by atomic mass is 16.5. The Kier molecular flexibility index (Phi) is 4.33. The van der Waals surface area contributed by atoms with Gasteiger partial charge in [-0.3, -0.25) is 5.41 Å². The molecule has 1 aromatic carbocycles. The molecule has 0 amide bonds. The zero-order valence-electron chi connectivity index (χ0n) is 9.61. The van der Waals surface area contributed by atoms with E-state index in [0.29, 0.717) is 11.4 Å². The van der Waals surface area contributed by atoms with Crippen LogP contribution >= 0.6 is 0 Å². The number of nitrogens with one attached hydrogen (secondary N) is 2. The Labute approximate surface area is 98.7 Å². The zero-order valence-corrected chi connectivity index (χ0v) is 9.61. The molecule has 0 aliphatic rings. The molecule has 1 rings (SSSR count). The predicted octanol–water partition coefficient (Wildman–Crippen LogP) is 1.43. The van der Waals surface area contributed by atoms with Crippen molar-refractivity contribution < 1.29 is 19.4 Å². The summed E-state index contributed by atoms with van der Waals surface area (Å²) in [6.07, 6.45) is 0. The number of methoxy groups -OCH3 is 2. The molecule has 0 radical (unpaired) electrons. The van der Waals surface area contributed by atoms with Crippen LogP contribution in [0.1, 0.15) is 10.4 Å². The summed E-state index contributed by atoms with van der Waals surface area (Å²) in [5.41, 5.74) is 0.659. The second-order valence-corrected chi connectivity index (χ2v) is 3.20. The van der Waals surface area contributed by atoms with Gasteiger partial charge in [-0.25, -0.2) is 4.79 Å². The van der Waals surface area contributed by atoms with Gasteiger partial charge in [0.1, 0.15) is 5.75 Å². The van der Waals surface area contributed by atoms with Gasteiger partial charge in [0.05, 0.1) is 32.0 Å². The third-order valence-corrected chi connectivity index (χ3v) is 2.13. The lowest BCUT2D eigenvalue weighted by Gasteiger charge is -2.11. The molecular formula is C11H14N2O4. The number of carboxylic acids is 1. The summed E-state index contributed by atoms with van der Waals surface area (Å²) < 4.78 is 9.77. The van der Waals surface area contributed by atoms with Gasteiger partial charge in [0.25, 0.3) is 0 Å². The van der Waals surface area contributed by atoms with Gasteiger partial charge in [0, 0.05) is 0 Å². The quantitative estimate of drug-likeness (QED) is 0.533. The Morgan fingerprint density at radius 2 is 2.18 bits per heavy atom. The number of carboxylic acid groups (broad SMARTS) is 1. The maximum atomic E-state index is 10.8. The van der Waals surface area contributed by atoms with Gasteiger partial charge >= 0.3 is 5.97 Å². The van der Waals surface area contributed by atoms with E-state index in [1.165, 1.54) is 26.4 Å². The lowest BCUT2D eigenvalue weighted by atomic mass is 10.2. The van der Waals surface area contributed by atoms with Crippen LogP contribution in [0.25, 0.3) is 0 Å². The number of anilines is 1. The van der Waals surface area contributed by atoms with Gasteiger partial charge in [-0.05, 0) is 18.2 Å². The molecule has 0 aliphatic heterocycles. The standard InChI is InChI=1S/C11H14N2O4/c1-16-9-4-3-7(11(14)15)5-8(9)13-6-10(12)17-2/h3-5,12-13H,6H2,1-2H3,(H,14,15). The van der Waals surface area contributed by atoms with E-state index < -0.39 is 5.97 Å². The minimum atomic E-state index is -1.02. The molecule has 0 heterocycles. The maximum absolute atomic E-state index is 10.8. The van der Waals surface area contributed by atoms with Crippen molar-refractivity contribution in [2.45, 2.75) is 0 Å². The number of aromatic carboxylic acids is 1. The number of benzene rings is 1. The number of carbonyl (C=O) groups is 1. The van der Waals surface area contributed by atoms with Crippen LogP contribution in [0.15, 0.2) is 18.2 Å². The van der Waals surface area contributed by atoms with E-state index in [1.807, 2.05) is 0 Å². The monoisotopic (exact) mass is 238 g/mol. The summed E-state index contributed by atoms with van der Waals surface area (Å²) in [5.74, 6) is -0.454. The van der Waals surface area contributed by atoms with Gasteiger partial charge in [0.2, 0.25) is 0 Å². The van der Waals surface area contributed by atoms with Gasteiger partial charge < -0.3 is 19.9 Å². The first-order valence-corrected chi connectivity index (χ1v) is 4.85. The lowest BCUT2D eigenvalue weighted by Crippen LogP contribution is -2.15. The fourth-order valence-electron chi connectivity index (χ4n) is 1.23. The molecule has 0 bridgehead atoms. The van der Waals surface area contributed by atoms with Gasteiger partial charge in [0.15, 0.2) is 5.90 Å². The number of hydrogen-bond acceptors (Lipinski definition) is 5. The van der Waals surface area contributed by atoms with Crippen LogP contribution in [0, 0.1) is 5.41 Å². The molecule has 17 heavy (non-hydrogen) atoms. The Morgan fingerprint density at radius 3 is 2.71 bits per heavy atom. The second-order valence-electron chi connectivity index (χ2n) is 3.20. The van der Waals surface area contributed by atoms with E-state index in [1.54, 1.807) is 6.07 Å². The molecule has 1 aromatic rings. The Morgan fingerprint density at radius 1 is 1.47 bits per heavy atom. The smallest absolute Gasteiger partial charge is 0.335 e. The van der Waals surface area contributed by atoms with Gasteiger partial charge in [-0.2, -0.15) is 0 Å². The molecular weight excluding hydrogens is 224 g/mol. The van der Waals surface area contributed by atoms with Crippen LogP contribution in [-0.4, -0.2) is 37.7 Å². The van der Waals surface area contributed by atoms with Crippen LogP contribution in [0.4, 0.5) is 5.69 Å². The maximum Gasteiger partial charge on any atom is 0.335 e. The van der Waals surface area contributed by atoms with Crippen molar-refractivity contribution in [2.24, 2.45) is 0 Å². The highest BCUT2D eigenvalue weighted by Gasteiger charge is 2.09. The molecule has 3 N–H and O–H groups in total. The Bertz CT molecular complexity index is 431. The third kappa shape index (κ3) is 3.37. The summed E-state index contributed by atoms with van der Waals surface area (Å²) in [7, 11) is 2.89. The molecule has 6 heteroatoms. The number of ether oxygens (including phenoxy) is 2. The van der Waals surface area contributed by atoms with Gasteiger partial charge in [-0.1, -0.05) is 0 Å². The molecule has 0 aromatic heterocycles. The fourth-order valence-corrected chi connectivity index (χ4v) is 1.23. The molecule has 6 nitrogen and oxygen atoms in total. The predicted molar refractivity (Wildman–Crippen MR) is 63.2 cm³/mol. The molecule has 0 unspecified atom stereocenters. The van der Waals surface area contributed by atoms with E-state index in [4.69, 9.17) is 15.3 Å². The molecule has 0 spiro atoms. The molecule has 0 saturated carbocycles.